The standard InChI is InChI=1S/C11H20O4/c1-7(2)8(10(13)14)6-9(12)15-11(3,4)5/h7-8H,6H2,1-5H3,(H,13,14)/p-1. The molecule has 1 unspecified atom stereocenters. The van der Waals surface area contributed by atoms with E-state index in [0.29, 0.717) is 0 Å². The van der Waals surface area contributed by atoms with Gasteiger partial charge in [0.2, 0.25) is 0 Å². The van der Waals surface area contributed by atoms with Crippen LogP contribution < -0.4 is 5.11 Å². The fourth-order valence-electron chi connectivity index (χ4n) is 1.15. The summed E-state index contributed by atoms with van der Waals surface area (Å²) in [6.07, 6.45) is -0.128. The molecule has 0 saturated heterocycles. The van der Waals surface area contributed by atoms with E-state index in [0.717, 1.165) is 0 Å². The number of ether oxygens (including phenoxy) is 1. The van der Waals surface area contributed by atoms with Crippen LogP contribution in [-0.2, 0) is 14.3 Å². The summed E-state index contributed by atoms with van der Waals surface area (Å²) in [5.41, 5.74) is -0.579. The molecule has 0 bridgehead atoms. The van der Waals surface area contributed by atoms with Crippen LogP contribution in [0, 0.1) is 11.8 Å². The van der Waals surface area contributed by atoms with Gasteiger partial charge >= 0.3 is 5.97 Å². The second kappa shape index (κ2) is 5.14. The molecule has 15 heavy (non-hydrogen) atoms. The molecule has 0 N–H and O–H groups in total. The molecule has 4 heteroatoms. The van der Waals surface area contributed by atoms with Crippen molar-refractivity contribution >= 4 is 11.9 Å². The van der Waals surface area contributed by atoms with Crippen molar-refractivity contribution in [2.24, 2.45) is 11.8 Å². The van der Waals surface area contributed by atoms with Crippen molar-refractivity contribution in [3.05, 3.63) is 0 Å². The summed E-state index contributed by atoms with van der Waals surface area (Å²) in [6, 6.07) is 0. The second-order valence-corrected chi connectivity index (χ2v) is 4.96. The first-order valence-electron chi connectivity index (χ1n) is 5.06. The fraction of sp³-hybridized carbons (Fsp3) is 0.818. The lowest BCUT2D eigenvalue weighted by Gasteiger charge is -2.24. The van der Waals surface area contributed by atoms with Crippen LogP contribution in [0.4, 0.5) is 0 Å². The Morgan fingerprint density at radius 2 is 1.73 bits per heavy atom. The summed E-state index contributed by atoms with van der Waals surface area (Å²) >= 11 is 0. The highest BCUT2D eigenvalue weighted by Gasteiger charge is 2.23. The van der Waals surface area contributed by atoms with E-state index in [1.807, 2.05) is 0 Å². The Morgan fingerprint density at radius 3 is 2.00 bits per heavy atom. The van der Waals surface area contributed by atoms with Crippen LogP contribution >= 0.6 is 0 Å². The zero-order valence-corrected chi connectivity index (χ0v) is 9.99. The van der Waals surface area contributed by atoms with Crippen LogP contribution in [0.25, 0.3) is 0 Å². The molecule has 88 valence electrons. The average Bonchev–Trinajstić information content (AvgIpc) is 1.95. The van der Waals surface area contributed by atoms with E-state index >= 15 is 0 Å². The quantitative estimate of drug-likeness (QED) is 0.649. The van der Waals surface area contributed by atoms with Gasteiger partial charge in [-0.1, -0.05) is 13.8 Å². The maximum Gasteiger partial charge on any atom is 0.306 e. The van der Waals surface area contributed by atoms with E-state index in [1.165, 1.54) is 0 Å². The summed E-state index contributed by atoms with van der Waals surface area (Å²) in [6.45, 7) is 8.71. The predicted molar refractivity (Wildman–Crippen MR) is 53.8 cm³/mol. The van der Waals surface area contributed by atoms with E-state index in [-0.39, 0.29) is 12.3 Å². The third-order valence-electron chi connectivity index (χ3n) is 1.91. The van der Waals surface area contributed by atoms with Crippen molar-refractivity contribution in [2.45, 2.75) is 46.6 Å². The number of esters is 1. The van der Waals surface area contributed by atoms with Crippen molar-refractivity contribution in [2.75, 3.05) is 0 Å². The molecule has 0 rings (SSSR count). The summed E-state index contributed by atoms with van der Waals surface area (Å²) in [7, 11) is 0. The van der Waals surface area contributed by atoms with Crippen LogP contribution in [0.5, 0.6) is 0 Å². The monoisotopic (exact) mass is 215 g/mol. The number of carboxylic acid groups (broad SMARTS) is 1. The molecule has 0 spiro atoms. The zero-order valence-electron chi connectivity index (χ0n) is 9.99. The molecule has 0 saturated carbocycles. The third kappa shape index (κ3) is 6.10. The Labute approximate surface area is 90.6 Å². The van der Waals surface area contributed by atoms with E-state index in [1.54, 1.807) is 34.6 Å². The van der Waals surface area contributed by atoms with Gasteiger partial charge in [-0.2, -0.15) is 0 Å². The minimum Gasteiger partial charge on any atom is -0.550 e. The van der Waals surface area contributed by atoms with Crippen molar-refractivity contribution < 1.29 is 19.4 Å². The van der Waals surface area contributed by atoms with Crippen LogP contribution in [-0.4, -0.2) is 17.5 Å². The van der Waals surface area contributed by atoms with Gasteiger partial charge in [-0.05, 0) is 26.7 Å². The lowest BCUT2D eigenvalue weighted by molar-refractivity contribution is -0.313. The minimum atomic E-state index is -1.20. The number of rotatable bonds is 4. The van der Waals surface area contributed by atoms with Gasteiger partial charge in [-0.3, -0.25) is 4.79 Å². The molecule has 0 fully saturated rings. The summed E-state index contributed by atoms with van der Waals surface area (Å²) in [4.78, 5) is 22.1. The normalized spacial score (nSPS) is 13.7. The lowest BCUT2D eigenvalue weighted by Crippen LogP contribution is -2.37. The molecular formula is C11H19O4-. The van der Waals surface area contributed by atoms with Gasteiger partial charge in [0.05, 0.1) is 6.42 Å². The van der Waals surface area contributed by atoms with Gasteiger partial charge in [0, 0.05) is 11.9 Å². The van der Waals surface area contributed by atoms with Crippen molar-refractivity contribution in [1.29, 1.82) is 0 Å². The van der Waals surface area contributed by atoms with Crippen molar-refractivity contribution in [1.82, 2.24) is 0 Å². The molecule has 1 atom stereocenters. The van der Waals surface area contributed by atoms with Crippen LogP contribution in [0.1, 0.15) is 41.0 Å². The number of carbonyl (C=O) groups is 2. The molecule has 0 aromatic rings. The summed E-state index contributed by atoms with van der Waals surface area (Å²) in [5, 5.41) is 10.7. The third-order valence-corrected chi connectivity index (χ3v) is 1.91. The zero-order chi connectivity index (χ0) is 12.2. The highest BCUT2D eigenvalue weighted by Crippen LogP contribution is 2.17. The molecule has 0 aliphatic carbocycles. The predicted octanol–water partition coefficient (Wildman–Crippen LogP) is 0.740. The van der Waals surface area contributed by atoms with E-state index in [9.17, 15) is 14.7 Å². The Bertz CT molecular complexity index is 237. The van der Waals surface area contributed by atoms with Crippen molar-refractivity contribution in [3.8, 4) is 0 Å². The van der Waals surface area contributed by atoms with Gasteiger partial charge in [0.25, 0.3) is 0 Å². The smallest absolute Gasteiger partial charge is 0.306 e. The highest BCUT2D eigenvalue weighted by molar-refractivity contribution is 5.78. The fourth-order valence-corrected chi connectivity index (χ4v) is 1.15. The van der Waals surface area contributed by atoms with E-state index in [2.05, 4.69) is 0 Å². The molecule has 0 radical (unpaired) electrons. The van der Waals surface area contributed by atoms with Crippen LogP contribution in [0.3, 0.4) is 0 Å². The molecule has 0 heterocycles. The Hall–Kier alpha value is -1.06. The Balaban J connectivity index is 4.31. The second-order valence-electron chi connectivity index (χ2n) is 4.96. The van der Waals surface area contributed by atoms with E-state index < -0.39 is 23.5 Å². The Morgan fingerprint density at radius 1 is 1.27 bits per heavy atom. The molecule has 0 amide bonds. The molecule has 0 aliphatic heterocycles. The maximum absolute atomic E-state index is 11.4. The van der Waals surface area contributed by atoms with E-state index in [4.69, 9.17) is 4.74 Å². The molecule has 0 aromatic heterocycles. The van der Waals surface area contributed by atoms with Crippen LogP contribution in [0.15, 0.2) is 0 Å². The van der Waals surface area contributed by atoms with Gasteiger partial charge in [0.15, 0.2) is 0 Å². The topological polar surface area (TPSA) is 66.4 Å². The van der Waals surface area contributed by atoms with Gasteiger partial charge in [-0.25, -0.2) is 0 Å². The van der Waals surface area contributed by atoms with Crippen molar-refractivity contribution in [3.63, 3.8) is 0 Å². The largest absolute Gasteiger partial charge is 0.550 e. The highest BCUT2D eigenvalue weighted by atomic mass is 16.6. The number of carbonyl (C=O) groups excluding carboxylic acids is 2. The summed E-state index contributed by atoms with van der Waals surface area (Å²) < 4.78 is 5.04. The SMILES string of the molecule is CC(C)C(CC(=O)OC(C)(C)C)C(=O)[O-]. The molecule has 0 aromatic carbocycles. The molecular weight excluding hydrogens is 196 g/mol. The number of carboxylic acids is 1. The molecule has 0 aliphatic rings. The summed E-state index contributed by atoms with van der Waals surface area (Å²) in [5.74, 6) is -2.61. The first-order chi connectivity index (χ1) is 6.63. The first kappa shape index (κ1) is 13.9. The Kier molecular flexibility index (Phi) is 4.78. The number of aliphatic carboxylic acids is 1. The average molecular weight is 215 g/mol. The van der Waals surface area contributed by atoms with Gasteiger partial charge in [-0.15, -0.1) is 0 Å². The van der Waals surface area contributed by atoms with Gasteiger partial charge < -0.3 is 14.6 Å². The first-order valence-corrected chi connectivity index (χ1v) is 5.06. The minimum absolute atomic E-state index is 0.128. The molecule has 4 nitrogen and oxygen atoms in total. The maximum atomic E-state index is 11.4. The number of hydrogen-bond donors (Lipinski definition) is 0. The van der Waals surface area contributed by atoms with Gasteiger partial charge in [0.1, 0.15) is 5.60 Å². The number of hydrogen-bond acceptors (Lipinski definition) is 4. The lowest BCUT2D eigenvalue weighted by atomic mass is 9.93. The van der Waals surface area contributed by atoms with Crippen LogP contribution in [0.2, 0.25) is 0 Å².